The van der Waals surface area contributed by atoms with Gasteiger partial charge < -0.3 is 5.11 Å². The van der Waals surface area contributed by atoms with E-state index >= 15 is 0 Å². The molecular formula is C11H16F2O. The molecule has 1 atom stereocenters. The lowest BCUT2D eigenvalue weighted by atomic mass is 9.99. The Kier molecular flexibility index (Phi) is 6.04. The fraction of sp³-hybridized carbons (Fsp3) is 0.455. The SMILES string of the molecule is CCC(C)c1ccc(F)c(F)c1.CO. The Morgan fingerprint density at radius 1 is 1.21 bits per heavy atom. The van der Waals surface area contributed by atoms with E-state index in [4.69, 9.17) is 5.11 Å². The Labute approximate surface area is 83.4 Å². The molecule has 0 aliphatic heterocycles. The summed E-state index contributed by atoms with van der Waals surface area (Å²) in [5.41, 5.74) is 0.858. The van der Waals surface area contributed by atoms with Crippen LogP contribution in [0.25, 0.3) is 0 Å². The van der Waals surface area contributed by atoms with Crippen molar-refractivity contribution in [2.75, 3.05) is 7.11 Å². The van der Waals surface area contributed by atoms with E-state index in [0.717, 1.165) is 19.1 Å². The number of aliphatic hydroxyl groups excluding tert-OH is 1. The quantitative estimate of drug-likeness (QED) is 0.781. The smallest absolute Gasteiger partial charge is 0.159 e. The number of benzene rings is 1. The van der Waals surface area contributed by atoms with Crippen LogP contribution in [-0.2, 0) is 0 Å². The number of halogens is 2. The lowest BCUT2D eigenvalue weighted by molar-refractivity contribution is 0.399. The average molecular weight is 202 g/mol. The maximum absolute atomic E-state index is 12.7. The topological polar surface area (TPSA) is 20.2 Å². The third-order valence-corrected chi connectivity index (χ3v) is 2.13. The van der Waals surface area contributed by atoms with Crippen molar-refractivity contribution in [3.05, 3.63) is 35.4 Å². The van der Waals surface area contributed by atoms with E-state index in [1.807, 2.05) is 13.8 Å². The molecule has 80 valence electrons. The van der Waals surface area contributed by atoms with Gasteiger partial charge in [0.1, 0.15) is 0 Å². The van der Waals surface area contributed by atoms with E-state index in [-0.39, 0.29) is 0 Å². The molecule has 0 aliphatic rings. The summed E-state index contributed by atoms with van der Waals surface area (Å²) in [5.74, 6) is -1.24. The van der Waals surface area contributed by atoms with E-state index in [0.29, 0.717) is 5.92 Å². The molecule has 0 heterocycles. The Bertz CT molecular complexity index is 274. The van der Waals surface area contributed by atoms with Crippen LogP contribution in [0, 0.1) is 11.6 Å². The van der Waals surface area contributed by atoms with E-state index in [1.54, 1.807) is 6.07 Å². The van der Waals surface area contributed by atoms with Gasteiger partial charge in [0, 0.05) is 7.11 Å². The molecule has 1 nitrogen and oxygen atoms in total. The van der Waals surface area contributed by atoms with E-state index in [1.165, 1.54) is 12.1 Å². The van der Waals surface area contributed by atoms with E-state index in [2.05, 4.69) is 0 Å². The standard InChI is InChI=1S/C10H12F2.CH4O/c1-3-7(2)8-4-5-9(11)10(12)6-8;1-2/h4-7H,3H2,1-2H3;2H,1H3. The van der Waals surface area contributed by atoms with Crippen molar-refractivity contribution in [3.63, 3.8) is 0 Å². The third kappa shape index (κ3) is 3.42. The average Bonchev–Trinajstić information content (AvgIpc) is 2.24. The van der Waals surface area contributed by atoms with Crippen molar-refractivity contribution in [1.29, 1.82) is 0 Å². The molecule has 1 aromatic carbocycles. The minimum absolute atomic E-state index is 0.292. The van der Waals surface area contributed by atoms with Gasteiger partial charge in [-0.25, -0.2) is 8.78 Å². The van der Waals surface area contributed by atoms with Gasteiger partial charge in [-0.05, 0) is 30.0 Å². The van der Waals surface area contributed by atoms with Crippen molar-refractivity contribution >= 4 is 0 Å². The Balaban J connectivity index is 0.000000791. The molecule has 0 saturated carbocycles. The molecule has 0 saturated heterocycles. The molecule has 0 radical (unpaired) electrons. The van der Waals surface area contributed by atoms with Crippen molar-refractivity contribution < 1.29 is 13.9 Å². The summed E-state index contributed by atoms with van der Waals surface area (Å²) in [6, 6.07) is 4.08. The van der Waals surface area contributed by atoms with Crippen molar-refractivity contribution in [1.82, 2.24) is 0 Å². The lowest BCUT2D eigenvalue weighted by Crippen LogP contribution is -1.93. The zero-order valence-corrected chi connectivity index (χ0v) is 8.72. The fourth-order valence-electron chi connectivity index (χ4n) is 1.05. The molecule has 1 N–H and O–H groups in total. The largest absolute Gasteiger partial charge is 0.400 e. The van der Waals surface area contributed by atoms with Gasteiger partial charge in [0.25, 0.3) is 0 Å². The number of aliphatic hydroxyl groups is 1. The first-order chi connectivity index (χ1) is 6.65. The number of hydrogen-bond acceptors (Lipinski definition) is 1. The van der Waals surface area contributed by atoms with Gasteiger partial charge >= 0.3 is 0 Å². The van der Waals surface area contributed by atoms with Crippen LogP contribution < -0.4 is 0 Å². The van der Waals surface area contributed by atoms with Crippen LogP contribution >= 0.6 is 0 Å². The van der Waals surface area contributed by atoms with Gasteiger partial charge in [0.2, 0.25) is 0 Å². The highest BCUT2D eigenvalue weighted by Gasteiger charge is 2.06. The second-order valence-electron chi connectivity index (χ2n) is 2.98. The van der Waals surface area contributed by atoms with Crippen LogP contribution in [0.2, 0.25) is 0 Å². The maximum Gasteiger partial charge on any atom is 0.159 e. The molecule has 1 unspecified atom stereocenters. The van der Waals surface area contributed by atoms with Gasteiger partial charge in [-0.3, -0.25) is 0 Å². The highest BCUT2D eigenvalue weighted by atomic mass is 19.2. The zero-order chi connectivity index (χ0) is 11.1. The molecule has 1 rings (SSSR count). The zero-order valence-electron chi connectivity index (χ0n) is 8.72. The molecular weight excluding hydrogens is 186 g/mol. The summed E-state index contributed by atoms with van der Waals surface area (Å²) in [6.07, 6.45) is 0.936. The number of hydrogen-bond donors (Lipinski definition) is 1. The second kappa shape index (κ2) is 6.49. The minimum Gasteiger partial charge on any atom is -0.400 e. The first kappa shape index (κ1) is 13.0. The number of rotatable bonds is 2. The van der Waals surface area contributed by atoms with Crippen LogP contribution in [0.3, 0.4) is 0 Å². The molecule has 0 amide bonds. The summed E-state index contributed by atoms with van der Waals surface area (Å²) in [7, 11) is 1.00. The molecule has 0 aliphatic carbocycles. The monoisotopic (exact) mass is 202 g/mol. The fourth-order valence-corrected chi connectivity index (χ4v) is 1.05. The highest BCUT2D eigenvalue weighted by Crippen LogP contribution is 2.20. The van der Waals surface area contributed by atoms with Crippen molar-refractivity contribution in [2.45, 2.75) is 26.2 Å². The third-order valence-electron chi connectivity index (χ3n) is 2.13. The molecule has 0 fully saturated rings. The predicted octanol–water partition coefficient (Wildman–Crippen LogP) is 3.09. The first-order valence-corrected chi connectivity index (χ1v) is 4.54. The van der Waals surface area contributed by atoms with Crippen molar-refractivity contribution in [2.24, 2.45) is 0 Å². The lowest BCUT2D eigenvalue weighted by Gasteiger charge is -2.08. The van der Waals surface area contributed by atoms with Gasteiger partial charge in [0.05, 0.1) is 0 Å². The Morgan fingerprint density at radius 2 is 1.79 bits per heavy atom. The van der Waals surface area contributed by atoms with Gasteiger partial charge in [-0.2, -0.15) is 0 Å². The summed E-state index contributed by atoms with van der Waals surface area (Å²) in [5, 5.41) is 7.00. The minimum atomic E-state index is -0.776. The van der Waals surface area contributed by atoms with Crippen LogP contribution in [0.1, 0.15) is 31.7 Å². The van der Waals surface area contributed by atoms with E-state index < -0.39 is 11.6 Å². The summed E-state index contributed by atoms with van der Waals surface area (Å²) < 4.78 is 25.2. The molecule has 0 aromatic heterocycles. The first-order valence-electron chi connectivity index (χ1n) is 4.54. The normalized spacial score (nSPS) is 11.6. The van der Waals surface area contributed by atoms with Crippen molar-refractivity contribution in [3.8, 4) is 0 Å². The maximum atomic E-state index is 12.7. The van der Waals surface area contributed by atoms with Crippen LogP contribution in [0.5, 0.6) is 0 Å². The Hall–Kier alpha value is -0.960. The van der Waals surface area contributed by atoms with Gasteiger partial charge in [-0.1, -0.05) is 19.9 Å². The van der Waals surface area contributed by atoms with E-state index in [9.17, 15) is 8.78 Å². The summed E-state index contributed by atoms with van der Waals surface area (Å²) >= 11 is 0. The summed E-state index contributed by atoms with van der Waals surface area (Å²) in [4.78, 5) is 0. The van der Waals surface area contributed by atoms with Crippen LogP contribution in [0.15, 0.2) is 18.2 Å². The van der Waals surface area contributed by atoms with Crippen LogP contribution in [-0.4, -0.2) is 12.2 Å². The van der Waals surface area contributed by atoms with Gasteiger partial charge in [0.15, 0.2) is 11.6 Å². The Morgan fingerprint density at radius 3 is 2.21 bits per heavy atom. The highest BCUT2D eigenvalue weighted by molar-refractivity contribution is 5.20. The second-order valence-corrected chi connectivity index (χ2v) is 2.98. The molecule has 1 aromatic rings. The molecule has 0 spiro atoms. The summed E-state index contributed by atoms with van der Waals surface area (Å²) in [6.45, 7) is 4.01. The molecule has 3 heteroatoms. The predicted molar refractivity (Wildman–Crippen MR) is 53.2 cm³/mol. The van der Waals surface area contributed by atoms with Gasteiger partial charge in [-0.15, -0.1) is 0 Å². The molecule has 14 heavy (non-hydrogen) atoms. The van der Waals surface area contributed by atoms with Crippen LogP contribution in [0.4, 0.5) is 8.78 Å². The molecule has 0 bridgehead atoms.